The van der Waals surface area contributed by atoms with Crippen LogP contribution < -0.4 is 20.3 Å². The molecule has 5 heterocycles. The van der Waals surface area contributed by atoms with Crippen molar-refractivity contribution in [2.24, 2.45) is 5.92 Å². The van der Waals surface area contributed by atoms with Crippen molar-refractivity contribution in [3.63, 3.8) is 0 Å². The van der Waals surface area contributed by atoms with Crippen LogP contribution in [0.15, 0.2) is 238 Å². The van der Waals surface area contributed by atoms with Gasteiger partial charge in [0.2, 0.25) is 0 Å². The molecule has 1 aliphatic heterocycles. The first kappa shape index (κ1) is 46.5. The average Bonchev–Trinajstić information content (AvgIpc) is 1.91. The van der Waals surface area contributed by atoms with Crippen LogP contribution in [0.4, 0.5) is 11.4 Å². The van der Waals surface area contributed by atoms with Gasteiger partial charge in [-0.05, 0) is 144 Å². The highest BCUT2D eigenvalue weighted by molar-refractivity contribution is 6.11. The Balaban J connectivity index is 0.902. The minimum Gasteiger partial charge on any atom is -0.485 e. The van der Waals surface area contributed by atoms with E-state index in [-0.39, 0.29) is 29.9 Å². The maximum Gasteiger partial charge on any atom is 0.154 e. The molecule has 4 aromatic heterocycles. The summed E-state index contributed by atoms with van der Waals surface area (Å²) < 4.78 is 21.5. The van der Waals surface area contributed by atoms with Gasteiger partial charge in [0.25, 0.3) is 0 Å². The molecule has 6 atom stereocenters. The molecule has 0 radical (unpaired) electrons. The standard InChI is InChI=1S/C75H58N4O3/c1-3-19-47(20-4-1)78(44-46-18-15-28-56-60-42-76-37-35-66(60)80-72(46)56)49-33-34-55-58(39-49)51-24-9-10-27-54(51)68-69-64(79(48-21-5-2-6-22-48)63-31-16-29-57-61-43-77-38-36-67(61)81-73(57)63)40-59-53-26-12-14-32-65(53)82-74(59)71(69)75(70(55)68)41-45-17-7-8-23-50(45)52-25-11-13-30-62(52)75/h2-3,5-12,14-15,17-29,32-38,40,42-43,49,56,68,70,72H,1,4,13,16,30-31,39,41,44H2. The Morgan fingerprint density at radius 3 is 2.46 bits per heavy atom. The number of hydrogen-bond donors (Lipinski definition) is 0. The summed E-state index contributed by atoms with van der Waals surface area (Å²) in [6.07, 6.45) is 41.5. The highest BCUT2D eigenvalue weighted by Crippen LogP contribution is 2.71. The van der Waals surface area contributed by atoms with Gasteiger partial charge in [-0.15, -0.1) is 0 Å². The SMILES string of the molecule is C1=CC2c3cnccc3OC2C(CN(C2=CCCC=C2)C2C=CC3=C(C2)c2ccccc2C2c4c(N(C5=c6oc7ccncc7c6=CCC5)c5ccccc5)cc5c(oc6ccccc65)c4C4(Cc5ccccc5C5=C4CCC=C5)C32)=C1. The quantitative estimate of drug-likeness (QED) is 0.157. The Hall–Kier alpha value is -9.20. The first-order valence-electron chi connectivity index (χ1n) is 29.7. The summed E-state index contributed by atoms with van der Waals surface area (Å²) in [6, 6.07) is 45.3. The van der Waals surface area contributed by atoms with Gasteiger partial charge in [-0.1, -0.05) is 151 Å². The molecular formula is C75H58N4O3. The summed E-state index contributed by atoms with van der Waals surface area (Å²) in [7, 11) is 0. The molecule has 0 saturated carbocycles. The van der Waals surface area contributed by atoms with Gasteiger partial charge in [-0.2, -0.15) is 0 Å². The van der Waals surface area contributed by atoms with E-state index in [0.717, 1.165) is 119 Å². The molecule has 8 aliphatic carbocycles. The molecule has 9 aromatic rings. The Morgan fingerprint density at radius 1 is 0.683 bits per heavy atom. The zero-order valence-electron chi connectivity index (χ0n) is 45.5. The molecule has 1 spiro atoms. The molecule has 396 valence electrons. The Bertz CT molecular complexity index is 4650. The fraction of sp³-hybridized carbons (Fsp3) is 0.200. The molecule has 9 aliphatic rings. The monoisotopic (exact) mass is 1060 g/mol. The predicted octanol–water partition coefficient (Wildman–Crippen LogP) is 15.7. The van der Waals surface area contributed by atoms with E-state index in [2.05, 4.69) is 196 Å². The second-order valence-corrected chi connectivity index (χ2v) is 23.8. The fourth-order valence-electron chi connectivity index (χ4n) is 16.6. The van der Waals surface area contributed by atoms with Crippen LogP contribution in [0, 0.1) is 5.92 Å². The van der Waals surface area contributed by atoms with E-state index < -0.39 is 5.41 Å². The Labute approximate surface area is 476 Å². The minimum atomic E-state index is -0.488. The third kappa shape index (κ3) is 6.59. The van der Waals surface area contributed by atoms with Crippen molar-refractivity contribution >= 4 is 67.2 Å². The Kier molecular flexibility index (Phi) is 10.2. The van der Waals surface area contributed by atoms with Crippen LogP contribution in [0.25, 0.3) is 55.8 Å². The largest absolute Gasteiger partial charge is 0.485 e. The smallest absolute Gasteiger partial charge is 0.154 e. The highest BCUT2D eigenvalue weighted by Gasteiger charge is 2.62. The van der Waals surface area contributed by atoms with Crippen LogP contribution >= 0.6 is 0 Å². The van der Waals surface area contributed by atoms with Gasteiger partial charge in [0.1, 0.15) is 28.6 Å². The molecule has 7 heteroatoms. The average molecular weight is 1060 g/mol. The van der Waals surface area contributed by atoms with Crippen molar-refractivity contribution in [1.29, 1.82) is 0 Å². The molecule has 18 rings (SSSR count). The van der Waals surface area contributed by atoms with Crippen molar-refractivity contribution in [2.75, 3.05) is 11.4 Å². The number of aromatic nitrogens is 2. The highest BCUT2D eigenvalue weighted by atomic mass is 16.5. The predicted molar refractivity (Wildman–Crippen MR) is 328 cm³/mol. The van der Waals surface area contributed by atoms with E-state index in [1.54, 1.807) is 5.57 Å². The molecule has 0 N–H and O–H groups in total. The lowest BCUT2D eigenvalue weighted by Gasteiger charge is -2.49. The molecule has 0 fully saturated rings. The number of pyridine rings is 2. The molecule has 0 amide bonds. The number of furan rings is 2. The van der Waals surface area contributed by atoms with Crippen LogP contribution in [-0.4, -0.2) is 33.6 Å². The molecular weight excluding hydrogens is 1000 g/mol. The third-order valence-electron chi connectivity index (χ3n) is 19.9. The van der Waals surface area contributed by atoms with Gasteiger partial charge in [0, 0.05) is 98.4 Å². The zero-order chi connectivity index (χ0) is 53.6. The first-order valence-corrected chi connectivity index (χ1v) is 29.7. The van der Waals surface area contributed by atoms with Crippen LogP contribution in [0.3, 0.4) is 0 Å². The summed E-state index contributed by atoms with van der Waals surface area (Å²) in [4.78, 5) is 14.4. The third-order valence-corrected chi connectivity index (χ3v) is 19.9. The van der Waals surface area contributed by atoms with Crippen LogP contribution in [0.5, 0.6) is 5.75 Å². The van der Waals surface area contributed by atoms with Gasteiger partial charge in [0.05, 0.1) is 17.4 Å². The zero-order valence-corrected chi connectivity index (χ0v) is 45.5. The molecule has 5 aromatic carbocycles. The molecule has 7 nitrogen and oxygen atoms in total. The van der Waals surface area contributed by atoms with Crippen LogP contribution in [-0.2, 0) is 11.8 Å². The van der Waals surface area contributed by atoms with Crippen LogP contribution in [0.2, 0.25) is 0 Å². The number of para-hydroxylation sites is 2. The maximum absolute atomic E-state index is 7.57. The van der Waals surface area contributed by atoms with Crippen molar-refractivity contribution in [3.8, 4) is 5.75 Å². The summed E-state index contributed by atoms with van der Waals surface area (Å²) >= 11 is 0. The van der Waals surface area contributed by atoms with Gasteiger partial charge in [-0.25, -0.2) is 0 Å². The van der Waals surface area contributed by atoms with Crippen molar-refractivity contribution in [1.82, 2.24) is 14.9 Å². The number of benzene rings is 5. The lowest BCUT2D eigenvalue weighted by atomic mass is 9.54. The lowest BCUT2D eigenvalue weighted by molar-refractivity contribution is 0.230. The molecule has 82 heavy (non-hydrogen) atoms. The van der Waals surface area contributed by atoms with Gasteiger partial charge < -0.3 is 23.4 Å². The van der Waals surface area contributed by atoms with E-state index in [0.29, 0.717) is 0 Å². The number of nitrogens with zero attached hydrogens (tertiary/aromatic N) is 4. The molecule has 0 bridgehead atoms. The van der Waals surface area contributed by atoms with Gasteiger partial charge in [0.15, 0.2) is 5.42 Å². The minimum absolute atomic E-state index is 0.0307. The van der Waals surface area contributed by atoms with E-state index in [9.17, 15) is 0 Å². The number of allylic oxidation sites excluding steroid dienone is 11. The second kappa shape index (κ2) is 17.9. The lowest BCUT2D eigenvalue weighted by Crippen LogP contribution is -2.44. The number of fused-ring (bicyclic) bond motifs is 22. The van der Waals surface area contributed by atoms with E-state index in [1.807, 2.05) is 36.9 Å². The summed E-state index contributed by atoms with van der Waals surface area (Å²) in [5, 5.41) is 4.47. The normalized spacial score (nSPS) is 24.0. The topological polar surface area (TPSA) is 67.8 Å². The Morgan fingerprint density at radius 2 is 1.52 bits per heavy atom. The molecule has 0 saturated heterocycles. The van der Waals surface area contributed by atoms with Gasteiger partial charge in [-0.3, -0.25) is 9.97 Å². The second-order valence-electron chi connectivity index (χ2n) is 23.8. The fourth-order valence-corrected chi connectivity index (χ4v) is 16.6. The summed E-state index contributed by atoms with van der Waals surface area (Å²) in [6.45, 7) is 0.756. The number of rotatable bonds is 7. The number of anilines is 2. The van der Waals surface area contributed by atoms with Crippen molar-refractivity contribution in [3.05, 3.63) is 279 Å². The number of ether oxygens (including phenoxy) is 1. The van der Waals surface area contributed by atoms with Crippen molar-refractivity contribution in [2.45, 2.75) is 80.8 Å². The van der Waals surface area contributed by atoms with E-state index in [1.165, 1.54) is 72.6 Å². The van der Waals surface area contributed by atoms with Gasteiger partial charge >= 0.3 is 0 Å². The van der Waals surface area contributed by atoms with Crippen molar-refractivity contribution < 1.29 is 13.6 Å². The van der Waals surface area contributed by atoms with E-state index >= 15 is 0 Å². The maximum atomic E-state index is 7.57. The first-order chi connectivity index (χ1) is 40.7. The summed E-state index contributed by atoms with van der Waals surface area (Å²) in [5.41, 5.74) is 24.5. The molecule has 6 unspecified atom stereocenters. The summed E-state index contributed by atoms with van der Waals surface area (Å²) in [5.74, 6) is 1.09. The van der Waals surface area contributed by atoms with E-state index in [4.69, 9.17) is 13.6 Å². The number of hydrogen-bond acceptors (Lipinski definition) is 7. The van der Waals surface area contributed by atoms with Crippen LogP contribution in [0.1, 0.15) is 95.7 Å².